The molecule has 1 fully saturated rings. The van der Waals surface area contributed by atoms with Crippen molar-refractivity contribution in [2.75, 3.05) is 16.8 Å². The Morgan fingerprint density at radius 2 is 1.89 bits per heavy atom. The molecule has 0 radical (unpaired) electrons. The van der Waals surface area contributed by atoms with Crippen molar-refractivity contribution < 1.29 is 17.4 Å². The lowest BCUT2D eigenvalue weighted by Crippen LogP contribution is -2.30. The molecule has 1 aliphatic heterocycles. The topological polar surface area (TPSA) is 29.1 Å². The van der Waals surface area contributed by atoms with Crippen LogP contribution in [0.2, 0.25) is 5.02 Å². The molecule has 1 aromatic rings. The average Bonchev–Trinajstić information content (AvgIpc) is 2.33. The average molecular weight is 312 g/mol. The monoisotopic (exact) mass is 311 g/mol. The lowest BCUT2D eigenvalue weighted by molar-refractivity contribution is -0.137. The Hall–Kier alpha value is -0.750. The normalized spacial score (nSPS) is 24.2. The minimum atomic E-state index is -4.44. The zero-order chi connectivity index (χ0) is 14.0. The quantitative estimate of drug-likeness (QED) is 0.902. The van der Waals surface area contributed by atoms with E-state index in [2.05, 4.69) is 5.32 Å². The van der Waals surface area contributed by atoms with E-state index in [1.165, 1.54) is 12.1 Å². The van der Waals surface area contributed by atoms with Gasteiger partial charge in [-0.2, -0.15) is 13.2 Å². The summed E-state index contributed by atoms with van der Waals surface area (Å²) in [5.41, 5.74) is -0.721. The predicted octanol–water partition coefficient (Wildman–Crippen LogP) is 3.68. The van der Waals surface area contributed by atoms with Crippen LogP contribution in [0.5, 0.6) is 0 Å². The maximum absolute atomic E-state index is 12.9. The van der Waals surface area contributed by atoms with Crippen molar-refractivity contribution in [1.29, 1.82) is 0 Å². The molecule has 0 aromatic heterocycles. The molecule has 1 aromatic carbocycles. The largest absolute Gasteiger partial charge is 0.418 e. The van der Waals surface area contributed by atoms with Crippen LogP contribution in [0.25, 0.3) is 0 Å². The summed E-state index contributed by atoms with van der Waals surface area (Å²) in [7, 11) is -0.828. The van der Waals surface area contributed by atoms with E-state index in [4.69, 9.17) is 11.6 Å². The Balaban J connectivity index is 2.18. The maximum atomic E-state index is 12.9. The van der Waals surface area contributed by atoms with Gasteiger partial charge in [0.2, 0.25) is 0 Å². The third-order valence-electron chi connectivity index (χ3n) is 3.03. The van der Waals surface area contributed by atoms with Crippen molar-refractivity contribution in [3.05, 3.63) is 28.8 Å². The molecule has 1 heterocycles. The molecule has 7 heteroatoms. The number of nitrogens with one attached hydrogen (secondary N) is 1. The zero-order valence-electron chi connectivity index (χ0n) is 9.97. The van der Waals surface area contributed by atoms with Crippen LogP contribution in [-0.2, 0) is 17.0 Å². The van der Waals surface area contributed by atoms with Gasteiger partial charge in [0.15, 0.2) is 0 Å². The van der Waals surface area contributed by atoms with Gasteiger partial charge in [-0.15, -0.1) is 0 Å². The molecule has 106 valence electrons. The highest BCUT2D eigenvalue weighted by Gasteiger charge is 2.34. The minimum Gasteiger partial charge on any atom is -0.382 e. The van der Waals surface area contributed by atoms with E-state index >= 15 is 0 Å². The fourth-order valence-electron chi connectivity index (χ4n) is 2.03. The van der Waals surface area contributed by atoms with Gasteiger partial charge in [0.25, 0.3) is 0 Å². The first-order chi connectivity index (χ1) is 8.86. The first kappa shape index (κ1) is 14.7. The molecule has 0 aliphatic carbocycles. The van der Waals surface area contributed by atoms with E-state index in [1.807, 2.05) is 0 Å². The first-order valence-corrected chi connectivity index (χ1v) is 7.71. The van der Waals surface area contributed by atoms with Crippen LogP contribution in [0.15, 0.2) is 18.2 Å². The highest BCUT2D eigenvalue weighted by Crippen LogP contribution is 2.37. The van der Waals surface area contributed by atoms with E-state index in [-0.39, 0.29) is 16.8 Å². The second-order valence-corrected chi connectivity index (χ2v) is 6.59. The van der Waals surface area contributed by atoms with Crippen molar-refractivity contribution in [1.82, 2.24) is 0 Å². The van der Waals surface area contributed by atoms with Crippen LogP contribution < -0.4 is 5.32 Å². The highest BCUT2D eigenvalue weighted by molar-refractivity contribution is 7.85. The van der Waals surface area contributed by atoms with Gasteiger partial charge in [0.05, 0.1) is 5.56 Å². The number of alkyl halides is 3. The zero-order valence-corrected chi connectivity index (χ0v) is 11.5. The predicted molar refractivity (Wildman–Crippen MR) is 71.0 cm³/mol. The summed E-state index contributed by atoms with van der Waals surface area (Å²) in [5.74, 6) is 1.07. The maximum Gasteiger partial charge on any atom is 0.418 e. The molecule has 2 rings (SSSR count). The highest BCUT2D eigenvalue weighted by atomic mass is 35.5. The third kappa shape index (κ3) is 3.86. The molecule has 0 unspecified atom stereocenters. The second-order valence-electron chi connectivity index (χ2n) is 4.45. The summed E-state index contributed by atoms with van der Waals surface area (Å²) in [6.07, 6.45) is -3.20. The number of benzene rings is 1. The number of halogens is 4. The Morgan fingerprint density at radius 1 is 1.26 bits per heavy atom. The molecule has 0 bridgehead atoms. The fraction of sp³-hybridized carbons (Fsp3) is 0.500. The lowest BCUT2D eigenvalue weighted by atomic mass is 10.1. The summed E-state index contributed by atoms with van der Waals surface area (Å²) in [6, 6.07) is 3.63. The van der Waals surface area contributed by atoms with Crippen molar-refractivity contribution in [2.24, 2.45) is 0 Å². The van der Waals surface area contributed by atoms with Crippen LogP contribution in [0, 0.1) is 0 Å². The number of anilines is 1. The first-order valence-electron chi connectivity index (χ1n) is 5.84. The van der Waals surface area contributed by atoms with Crippen molar-refractivity contribution in [3.8, 4) is 0 Å². The van der Waals surface area contributed by atoms with Gasteiger partial charge in [0, 0.05) is 39.1 Å². The van der Waals surface area contributed by atoms with Crippen LogP contribution in [0.4, 0.5) is 18.9 Å². The van der Waals surface area contributed by atoms with E-state index in [0.717, 1.165) is 6.07 Å². The summed E-state index contributed by atoms with van der Waals surface area (Å²) in [6.45, 7) is 0. The molecule has 19 heavy (non-hydrogen) atoms. The van der Waals surface area contributed by atoms with Crippen LogP contribution in [-0.4, -0.2) is 21.8 Å². The molecule has 1 aliphatic rings. The van der Waals surface area contributed by atoms with E-state index in [9.17, 15) is 17.4 Å². The van der Waals surface area contributed by atoms with Crippen molar-refractivity contribution in [2.45, 2.75) is 25.1 Å². The summed E-state index contributed by atoms with van der Waals surface area (Å²) in [5, 5.41) is 2.95. The molecular weight excluding hydrogens is 299 g/mol. The van der Waals surface area contributed by atoms with Gasteiger partial charge in [-0.05, 0) is 31.0 Å². The van der Waals surface area contributed by atoms with Gasteiger partial charge in [-0.3, -0.25) is 4.21 Å². The SMILES string of the molecule is O=S1CCC(Nc2ccc(Cl)cc2C(F)(F)F)CC1. The van der Waals surface area contributed by atoms with Gasteiger partial charge in [-0.25, -0.2) is 0 Å². The molecule has 0 amide bonds. The Labute approximate surface area is 116 Å². The Kier molecular flexibility index (Phi) is 4.40. The van der Waals surface area contributed by atoms with E-state index in [1.54, 1.807) is 0 Å². The molecule has 0 atom stereocenters. The Bertz CT molecular complexity index is 482. The summed E-state index contributed by atoms with van der Waals surface area (Å²) >= 11 is 5.62. The third-order valence-corrected chi connectivity index (χ3v) is 4.65. The smallest absolute Gasteiger partial charge is 0.382 e. The second kappa shape index (κ2) is 5.71. The Morgan fingerprint density at radius 3 is 2.47 bits per heavy atom. The van der Waals surface area contributed by atoms with Gasteiger partial charge in [0.1, 0.15) is 0 Å². The molecule has 1 saturated heterocycles. The van der Waals surface area contributed by atoms with Gasteiger partial charge < -0.3 is 5.32 Å². The van der Waals surface area contributed by atoms with Gasteiger partial charge >= 0.3 is 6.18 Å². The molecule has 1 N–H and O–H groups in total. The van der Waals surface area contributed by atoms with E-state index in [0.29, 0.717) is 24.3 Å². The molecule has 0 spiro atoms. The van der Waals surface area contributed by atoms with Crippen LogP contribution in [0.1, 0.15) is 18.4 Å². The van der Waals surface area contributed by atoms with Crippen molar-refractivity contribution >= 4 is 28.1 Å². The molecular formula is C12H13ClF3NOS. The van der Waals surface area contributed by atoms with Crippen LogP contribution in [0.3, 0.4) is 0 Å². The molecule has 2 nitrogen and oxygen atoms in total. The number of hydrogen-bond donors (Lipinski definition) is 1. The minimum absolute atomic E-state index is 0.0367. The van der Waals surface area contributed by atoms with Gasteiger partial charge in [-0.1, -0.05) is 11.6 Å². The number of rotatable bonds is 2. The number of hydrogen-bond acceptors (Lipinski definition) is 2. The summed E-state index contributed by atoms with van der Waals surface area (Å²) in [4.78, 5) is 0. The summed E-state index contributed by atoms with van der Waals surface area (Å²) < 4.78 is 49.9. The van der Waals surface area contributed by atoms with Crippen molar-refractivity contribution in [3.63, 3.8) is 0 Å². The lowest BCUT2D eigenvalue weighted by Gasteiger charge is -2.25. The van der Waals surface area contributed by atoms with E-state index < -0.39 is 22.5 Å². The standard InChI is InChI=1S/C12H13ClF3NOS/c13-8-1-2-11(10(7-8)12(14,15)16)17-9-3-5-19(18)6-4-9/h1-2,7,9,17H,3-6H2. The van der Waals surface area contributed by atoms with Crippen LogP contribution >= 0.6 is 11.6 Å². The fourth-order valence-corrected chi connectivity index (χ4v) is 3.51. The molecule has 0 saturated carbocycles.